The Hall–Kier alpha value is -0.660. The maximum atomic E-state index is 12.6. The Morgan fingerprint density at radius 2 is 2.19 bits per heavy atom. The Bertz CT molecular complexity index is 661. The molecule has 2 aliphatic heterocycles. The van der Waals surface area contributed by atoms with Gasteiger partial charge in [-0.2, -0.15) is 0 Å². The van der Waals surface area contributed by atoms with Gasteiger partial charge in [0.25, 0.3) is 0 Å². The van der Waals surface area contributed by atoms with Crippen molar-refractivity contribution in [1.29, 1.82) is 0 Å². The molecule has 2 aliphatic rings. The fourth-order valence-corrected chi connectivity index (χ4v) is 5.07. The minimum atomic E-state index is -3.68. The number of halogens is 1. The van der Waals surface area contributed by atoms with Crippen LogP contribution in [-0.2, 0) is 21.4 Å². The molecule has 0 amide bonds. The lowest BCUT2D eigenvalue weighted by Crippen LogP contribution is -2.41. The number of rotatable bonds is 4. The number of fused-ring (bicyclic) bond motifs is 2. The van der Waals surface area contributed by atoms with E-state index in [1.54, 1.807) is 13.0 Å². The van der Waals surface area contributed by atoms with Crippen molar-refractivity contribution in [3.8, 4) is 0 Å². The van der Waals surface area contributed by atoms with Gasteiger partial charge in [0, 0.05) is 5.02 Å². The Morgan fingerprint density at radius 1 is 1.43 bits per heavy atom. The highest BCUT2D eigenvalue weighted by Crippen LogP contribution is 2.35. The van der Waals surface area contributed by atoms with Gasteiger partial charge >= 0.3 is 0 Å². The van der Waals surface area contributed by atoms with Gasteiger partial charge in [0.2, 0.25) is 10.0 Å². The first kappa shape index (κ1) is 15.2. The van der Waals surface area contributed by atoms with Crippen LogP contribution in [0, 0.1) is 6.92 Å². The van der Waals surface area contributed by atoms with Crippen LogP contribution in [0.1, 0.15) is 30.4 Å². The van der Waals surface area contributed by atoms with Crippen LogP contribution in [0.25, 0.3) is 0 Å². The summed E-state index contributed by atoms with van der Waals surface area (Å²) in [6, 6.07) is 2.83. The summed E-state index contributed by atoms with van der Waals surface area (Å²) in [7, 11) is -3.68. The summed E-state index contributed by atoms with van der Waals surface area (Å²) < 4.78 is 33.6. The fraction of sp³-hybridized carbons (Fsp3) is 0.571. The first-order valence-corrected chi connectivity index (χ1v) is 8.84. The molecule has 3 atom stereocenters. The summed E-state index contributed by atoms with van der Waals surface area (Å²) in [5.41, 5.74) is 1.05. The van der Waals surface area contributed by atoms with E-state index in [1.807, 2.05) is 0 Å². The molecule has 1 aromatic carbocycles. The predicted octanol–water partition coefficient (Wildman–Crippen LogP) is 1.74. The number of ether oxygens (including phenoxy) is 1. The Kier molecular flexibility index (Phi) is 4.00. The minimum absolute atomic E-state index is 0.0263. The first-order chi connectivity index (χ1) is 9.90. The van der Waals surface area contributed by atoms with Crippen LogP contribution in [0.2, 0.25) is 5.02 Å². The van der Waals surface area contributed by atoms with Crippen molar-refractivity contribution in [2.45, 2.75) is 55.9 Å². The van der Waals surface area contributed by atoms with E-state index >= 15 is 0 Å². The smallest absolute Gasteiger partial charge is 0.241 e. The molecule has 0 saturated carbocycles. The standard InChI is InChI=1S/C14H18ClNO4S/c1-8-9(7-17)4-10(15)5-14(8)21(18,19)16-12-6-11-2-3-13(12)20-11/h4-5,11-13,16-17H,2-3,6-7H2,1H3. The van der Waals surface area contributed by atoms with Gasteiger partial charge in [-0.1, -0.05) is 11.6 Å². The highest BCUT2D eigenvalue weighted by molar-refractivity contribution is 7.89. The summed E-state index contributed by atoms with van der Waals surface area (Å²) in [5, 5.41) is 9.61. The van der Waals surface area contributed by atoms with Gasteiger partial charge in [-0.25, -0.2) is 13.1 Å². The van der Waals surface area contributed by atoms with Crippen molar-refractivity contribution in [3.63, 3.8) is 0 Å². The van der Waals surface area contributed by atoms with E-state index in [0.717, 1.165) is 19.3 Å². The lowest BCUT2D eigenvalue weighted by atomic mass is 9.96. The van der Waals surface area contributed by atoms with E-state index in [4.69, 9.17) is 16.3 Å². The largest absolute Gasteiger partial charge is 0.392 e. The normalized spacial score (nSPS) is 28.2. The Balaban J connectivity index is 1.90. The second-order valence-electron chi connectivity index (χ2n) is 5.68. The van der Waals surface area contributed by atoms with E-state index in [0.29, 0.717) is 16.1 Å². The Morgan fingerprint density at radius 3 is 2.76 bits per heavy atom. The lowest BCUT2D eigenvalue weighted by molar-refractivity contribution is 0.0996. The highest BCUT2D eigenvalue weighted by atomic mass is 35.5. The van der Waals surface area contributed by atoms with Crippen LogP contribution in [0.3, 0.4) is 0 Å². The molecular formula is C14H18ClNO4S. The number of aliphatic hydroxyl groups is 1. The highest BCUT2D eigenvalue weighted by Gasteiger charge is 2.42. The average Bonchev–Trinajstić information content (AvgIpc) is 3.02. The maximum absolute atomic E-state index is 12.6. The third-order valence-corrected chi connectivity index (χ3v) is 6.14. The van der Waals surface area contributed by atoms with Crippen molar-refractivity contribution >= 4 is 21.6 Å². The predicted molar refractivity (Wildman–Crippen MR) is 78.7 cm³/mol. The van der Waals surface area contributed by atoms with Gasteiger partial charge in [0.1, 0.15) is 0 Å². The van der Waals surface area contributed by atoms with Crippen LogP contribution < -0.4 is 4.72 Å². The van der Waals surface area contributed by atoms with Crippen LogP contribution in [0.5, 0.6) is 0 Å². The molecule has 2 saturated heterocycles. The topological polar surface area (TPSA) is 75.6 Å². The van der Waals surface area contributed by atoms with Crippen LogP contribution in [-0.4, -0.2) is 31.8 Å². The SMILES string of the molecule is Cc1c(CO)cc(Cl)cc1S(=O)(=O)NC1CC2CCC1O2. The molecular weight excluding hydrogens is 314 g/mol. The van der Waals surface area contributed by atoms with E-state index < -0.39 is 10.0 Å². The summed E-state index contributed by atoms with van der Waals surface area (Å²) >= 11 is 5.96. The number of hydrogen-bond donors (Lipinski definition) is 2. The Labute approximate surface area is 129 Å². The van der Waals surface area contributed by atoms with Crippen molar-refractivity contribution in [2.75, 3.05) is 0 Å². The molecule has 2 fully saturated rings. The average molecular weight is 332 g/mol. The molecule has 3 unspecified atom stereocenters. The van der Waals surface area contributed by atoms with Crippen LogP contribution in [0.15, 0.2) is 17.0 Å². The zero-order valence-electron chi connectivity index (χ0n) is 11.7. The molecule has 0 radical (unpaired) electrons. The maximum Gasteiger partial charge on any atom is 0.241 e. The second kappa shape index (κ2) is 5.52. The van der Waals surface area contributed by atoms with Gasteiger partial charge in [0.05, 0.1) is 29.8 Å². The molecule has 0 aromatic heterocycles. The molecule has 2 heterocycles. The minimum Gasteiger partial charge on any atom is -0.392 e. The summed E-state index contributed by atoms with van der Waals surface area (Å²) in [4.78, 5) is 0.127. The summed E-state index contributed by atoms with van der Waals surface area (Å²) in [6.45, 7) is 1.43. The molecule has 7 heteroatoms. The molecule has 0 aliphatic carbocycles. The molecule has 5 nitrogen and oxygen atoms in total. The number of aliphatic hydroxyl groups excluding tert-OH is 1. The van der Waals surface area contributed by atoms with Crippen molar-refractivity contribution in [3.05, 3.63) is 28.3 Å². The fourth-order valence-electron chi connectivity index (χ4n) is 3.18. The van der Waals surface area contributed by atoms with Crippen LogP contribution >= 0.6 is 11.6 Å². The third kappa shape index (κ3) is 2.83. The van der Waals surface area contributed by atoms with E-state index in [2.05, 4.69) is 4.72 Å². The molecule has 21 heavy (non-hydrogen) atoms. The van der Waals surface area contributed by atoms with Crippen LogP contribution in [0.4, 0.5) is 0 Å². The number of nitrogens with one attached hydrogen (secondary N) is 1. The molecule has 2 bridgehead atoms. The van der Waals surface area contributed by atoms with E-state index in [9.17, 15) is 13.5 Å². The monoisotopic (exact) mass is 331 g/mol. The van der Waals surface area contributed by atoms with Gasteiger partial charge in [-0.05, 0) is 49.4 Å². The molecule has 2 N–H and O–H groups in total. The zero-order chi connectivity index (χ0) is 15.2. The van der Waals surface area contributed by atoms with E-state index in [1.165, 1.54) is 6.07 Å². The van der Waals surface area contributed by atoms with Crippen molar-refractivity contribution < 1.29 is 18.3 Å². The molecule has 116 valence electrons. The van der Waals surface area contributed by atoms with Gasteiger partial charge in [0.15, 0.2) is 0 Å². The van der Waals surface area contributed by atoms with Crippen molar-refractivity contribution in [2.24, 2.45) is 0 Å². The number of hydrogen-bond acceptors (Lipinski definition) is 4. The number of benzene rings is 1. The molecule has 0 spiro atoms. The summed E-state index contributed by atoms with van der Waals surface area (Å²) in [6.07, 6.45) is 2.77. The third-order valence-electron chi connectivity index (χ3n) is 4.30. The molecule has 1 aromatic rings. The molecule has 3 rings (SSSR count). The lowest BCUT2D eigenvalue weighted by Gasteiger charge is -2.21. The van der Waals surface area contributed by atoms with E-state index in [-0.39, 0.29) is 29.8 Å². The number of sulfonamides is 1. The zero-order valence-corrected chi connectivity index (χ0v) is 13.2. The summed E-state index contributed by atoms with van der Waals surface area (Å²) in [5.74, 6) is 0. The van der Waals surface area contributed by atoms with Gasteiger partial charge in [-0.15, -0.1) is 0 Å². The second-order valence-corrected chi connectivity index (χ2v) is 7.80. The first-order valence-electron chi connectivity index (χ1n) is 6.98. The van der Waals surface area contributed by atoms with Crippen molar-refractivity contribution in [1.82, 2.24) is 4.72 Å². The van der Waals surface area contributed by atoms with Gasteiger partial charge in [-0.3, -0.25) is 0 Å². The van der Waals surface area contributed by atoms with Gasteiger partial charge < -0.3 is 9.84 Å². The quantitative estimate of drug-likeness (QED) is 0.881.